The number of nitrogen functional groups attached to an aromatic ring is 1. The molecule has 0 fully saturated rings. The fourth-order valence-electron chi connectivity index (χ4n) is 4.09. The average molecular weight is 308 g/mol. The van der Waals surface area contributed by atoms with Crippen LogP contribution >= 0.6 is 0 Å². The lowest BCUT2D eigenvalue weighted by molar-refractivity contribution is 0.299. The van der Waals surface area contributed by atoms with Crippen molar-refractivity contribution in [3.63, 3.8) is 0 Å². The minimum atomic E-state index is -0.0359. The molecule has 0 aliphatic carbocycles. The van der Waals surface area contributed by atoms with Crippen LogP contribution in [-0.2, 0) is 5.41 Å². The van der Waals surface area contributed by atoms with E-state index in [1.54, 1.807) is 0 Å². The van der Waals surface area contributed by atoms with E-state index in [1.807, 2.05) is 12.1 Å². The van der Waals surface area contributed by atoms with Gasteiger partial charge in [-0.05, 0) is 24.1 Å². The van der Waals surface area contributed by atoms with E-state index in [4.69, 9.17) is 10.5 Å². The van der Waals surface area contributed by atoms with E-state index in [0.717, 1.165) is 24.5 Å². The number of hydrogen-bond acceptors (Lipinski definition) is 3. The van der Waals surface area contributed by atoms with Gasteiger partial charge < -0.3 is 15.4 Å². The zero-order chi connectivity index (χ0) is 15.9. The number of para-hydroxylation sites is 1. The van der Waals surface area contributed by atoms with Crippen molar-refractivity contribution in [2.24, 2.45) is 0 Å². The average Bonchev–Trinajstić information content (AvgIpc) is 3.08. The van der Waals surface area contributed by atoms with Crippen LogP contribution in [0, 0.1) is 0 Å². The highest BCUT2D eigenvalue weighted by Crippen LogP contribution is 2.51. The zero-order valence-electron chi connectivity index (χ0n) is 13.7. The van der Waals surface area contributed by atoms with Gasteiger partial charge in [-0.25, -0.2) is 0 Å². The van der Waals surface area contributed by atoms with Crippen LogP contribution in [-0.4, -0.2) is 19.7 Å². The van der Waals surface area contributed by atoms with Crippen LogP contribution in [0.15, 0.2) is 42.5 Å². The highest BCUT2D eigenvalue weighted by molar-refractivity contribution is 5.70. The molecule has 2 aliphatic heterocycles. The van der Waals surface area contributed by atoms with Gasteiger partial charge in [-0.2, -0.15) is 0 Å². The fraction of sp³-hybridized carbons (Fsp3) is 0.400. The molecule has 2 aromatic carbocycles. The molecule has 4 rings (SSSR count). The Hall–Kier alpha value is -2.16. The van der Waals surface area contributed by atoms with Gasteiger partial charge in [-0.15, -0.1) is 0 Å². The standard InChI is InChI=1S/C20H24N2O/c1-2-3-6-11-22-13-20(16-7-4-5-8-18(16)22)14-23-19-12-15(21)9-10-17(19)20/h4-5,7-10,12H,2-3,6,11,13-14,21H2,1H3. The van der Waals surface area contributed by atoms with Gasteiger partial charge in [0.25, 0.3) is 0 Å². The zero-order valence-corrected chi connectivity index (χ0v) is 13.7. The van der Waals surface area contributed by atoms with E-state index in [0.29, 0.717) is 6.61 Å². The molecule has 1 unspecified atom stereocenters. The van der Waals surface area contributed by atoms with Gasteiger partial charge in [0.15, 0.2) is 0 Å². The Bertz CT molecular complexity index is 727. The van der Waals surface area contributed by atoms with Gasteiger partial charge in [-0.3, -0.25) is 0 Å². The molecule has 0 saturated heterocycles. The quantitative estimate of drug-likeness (QED) is 0.686. The van der Waals surface area contributed by atoms with Crippen molar-refractivity contribution in [3.8, 4) is 5.75 Å². The maximum absolute atomic E-state index is 6.04. The first-order chi connectivity index (χ1) is 11.2. The predicted octanol–water partition coefficient (Wildman–Crippen LogP) is 3.96. The lowest BCUT2D eigenvalue weighted by Gasteiger charge is -2.25. The summed E-state index contributed by atoms with van der Waals surface area (Å²) in [5, 5.41) is 0. The molecule has 1 atom stereocenters. The molecule has 2 N–H and O–H groups in total. The Morgan fingerprint density at radius 2 is 2.00 bits per heavy atom. The number of unbranched alkanes of at least 4 members (excludes halogenated alkanes) is 2. The summed E-state index contributed by atoms with van der Waals surface area (Å²) in [4.78, 5) is 2.54. The molecule has 23 heavy (non-hydrogen) atoms. The van der Waals surface area contributed by atoms with E-state index in [9.17, 15) is 0 Å². The summed E-state index contributed by atoms with van der Waals surface area (Å²) >= 11 is 0. The molecule has 120 valence electrons. The van der Waals surface area contributed by atoms with Crippen LogP contribution in [0.25, 0.3) is 0 Å². The second kappa shape index (κ2) is 5.48. The van der Waals surface area contributed by atoms with Crippen molar-refractivity contribution in [1.82, 2.24) is 0 Å². The van der Waals surface area contributed by atoms with Crippen LogP contribution < -0.4 is 15.4 Å². The van der Waals surface area contributed by atoms with Crippen LogP contribution in [0.3, 0.4) is 0 Å². The highest BCUT2D eigenvalue weighted by Gasteiger charge is 2.49. The first-order valence-corrected chi connectivity index (χ1v) is 8.62. The van der Waals surface area contributed by atoms with Crippen LogP contribution in [0.5, 0.6) is 5.75 Å². The fourth-order valence-corrected chi connectivity index (χ4v) is 4.09. The second-order valence-corrected chi connectivity index (χ2v) is 6.77. The van der Waals surface area contributed by atoms with Crippen LogP contribution in [0.1, 0.15) is 37.3 Å². The van der Waals surface area contributed by atoms with Gasteiger partial charge in [-0.1, -0.05) is 44.0 Å². The second-order valence-electron chi connectivity index (χ2n) is 6.77. The van der Waals surface area contributed by atoms with E-state index in [2.05, 4.69) is 42.2 Å². The van der Waals surface area contributed by atoms with Crippen molar-refractivity contribution in [2.75, 3.05) is 30.3 Å². The molecule has 3 heteroatoms. The number of anilines is 2. The third-order valence-corrected chi connectivity index (χ3v) is 5.25. The predicted molar refractivity (Wildman–Crippen MR) is 95.3 cm³/mol. The lowest BCUT2D eigenvalue weighted by atomic mass is 9.78. The molecule has 2 heterocycles. The topological polar surface area (TPSA) is 38.5 Å². The molecule has 1 spiro atoms. The summed E-state index contributed by atoms with van der Waals surface area (Å²) < 4.78 is 6.04. The number of hydrogen-bond donors (Lipinski definition) is 1. The number of nitrogens with two attached hydrogens (primary N) is 1. The Kier molecular flexibility index (Phi) is 3.44. The number of benzene rings is 2. The summed E-state index contributed by atoms with van der Waals surface area (Å²) in [6.45, 7) is 5.10. The maximum atomic E-state index is 6.04. The number of fused-ring (bicyclic) bond motifs is 4. The smallest absolute Gasteiger partial charge is 0.125 e. The summed E-state index contributed by atoms with van der Waals surface area (Å²) in [6, 6.07) is 14.9. The monoisotopic (exact) mass is 308 g/mol. The van der Waals surface area contributed by atoms with Crippen molar-refractivity contribution >= 4 is 11.4 Å². The van der Waals surface area contributed by atoms with Crippen LogP contribution in [0.2, 0.25) is 0 Å². The molecule has 0 radical (unpaired) electrons. The van der Waals surface area contributed by atoms with E-state index < -0.39 is 0 Å². The molecular formula is C20H24N2O. The summed E-state index contributed by atoms with van der Waals surface area (Å²) in [5.41, 5.74) is 10.7. The van der Waals surface area contributed by atoms with Gasteiger partial charge in [0.05, 0.1) is 5.41 Å². The Labute approximate surface area is 138 Å². The Balaban J connectivity index is 1.74. The van der Waals surface area contributed by atoms with Crippen molar-refractivity contribution in [3.05, 3.63) is 53.6 Å². The van der Waals surface area contributed by atoms with Gasteiger partial charge >= 0.3 is 0 Å². The van der Waals surface area contributed by atoms with E-state index in [1.165, 1.54) is 36.1 Å². The Morgan fingerprint density at radius 3 is 2.87 bits per heavy atom. The molecule has 0 aromatic heterocycles. The summed E-state index contributed by atoms with van der Waals surface area (Å²) in [5.74, 6) is 0.954. The van der Waals surface area contributed by atoms with Crippen molar-refractivity contribution in [1.29, 1.82) is 0 Å². The first kappa shape index (κ1) is 14.4. The summed E-state index contributed by atoms with van der Waals surface area (Å²) in [6.07, 6.45) is 3.79. The molecule has 0 bridgehead atoms. The van der Waals surface area contributed by atoms with Gasteiger partial charge in [0.1, 0.15) is 12.4 Å². The maximum Gasteiger partial charge on any atom is 0.125 e. The van der Waals surface area contributed by atoms with Crippen molar-refractivity contribution < 1.29 is 4.74 Å². The Morgan fingerprint density at radius 1 is 1.13 bits per heavy atom. The van der Waals surface area contributed by atoms with Crippen LogP contribution in [0.4, 0.5) is 11.4 Å². The third kappa shape index (κ3) is 2.18. The first-order valence-electron chi connectivity index (χ1n) is 8.62. The molecule has 2 aromatic rings. The van der Waals surface area contributed by atoms with Gasteiger partial charge in [0, 0.05) is 36.1 Å². The minimum absolute atomic E-state index is 0.0359. The molecular weight excluding hydrogens is 284 g/mol. The minimum Gasteiger partial charge on any atom is -0.492 e. The number of ether oxygens (including phenoxy) is 1. The summed E-state index contributed by atoms with van der Waals surface area (Å²) in [7, 11) is 0. The molecule has 0 amide bonds. The normalized spacial score (nSPS) is 21.3. The van der Waals surface area contributed by atoms with E-state index >= 15 is 0 Å². The number of nitrogens with zero attached hydrogens (tertiary/aromatic N) is 1. The van der Waals surface area contributed by atoms with E-state index in [-0.39, 0.29) is 5.41 Å². The molecule has 3 nitrogen and oxygen atoms in total. The highest BCUT2D eigenvalue weighted by atomic mass is 16.5. The lowest BCUT2D eigenvalue weighted by Crippen LogP contribution is -2.36. The number of rotatable bonds is 4. The largest absolute Gasteiger partial charge is 0.492 e. The molecule has 0 saturated carbocycles. The third-order valence-electron chi connectivity index (χ3n) is 5.25. The van der Waals surface area contributed by atoms with Crippen molar-refractivity contribution in [2.45, 2.75) is 31.6 Å². The SMILES string of the molecule is CCCCCN1CC2(COc3cc(N)ccc32)c2ccccc21. The van der Waals surface area contributed by atoms with Gasteiger partial charge in [0.2, 0.25) is 0 Å². The molecule has 2 aliphatic rings.